The Balaban J connectivity index is 1.29. The van der Waals surface area contributed by atoms with Crippen LogP contribution >= 0.6 is 0 Å². The molecule has 2 amide bonds. The van der Waals surface area contributed by atoms with Crippen molar-refractivity contribution in [3.63, 3.8) is 0 Å². The normalized spacial score (nSPS) is 16.5. The average Bonchev–Trinajstić information content (AvgIpc) is 3.30. The van der Waals surface area contributed by atoms with Crippen LogP contribution in [0.5, 0.6) is 11.5 Å². The van der Waals surface area contributed by atoms with Crippen LogP contribution in [-0.4, -0.2) is 34.9 Å². The summed E-state index contributed by atoms with van der Waals surface area (Å²) in [5.41, 5.74) is 2.52. The van der Waals surface area contributed by atoms with E-state index in [4.69, 9.17) is 9.47 Å². The molecule has 0 bridgehead atoms. The summed E-state index contributed by atoms with van der Waals surface area (Å²) in [7, 11) is 0. The molecular formula is C22H23N3O4. The maximum Gasteiger partial charge on any atom is 0.246 e. The second-order valence-corrected chi connectivity index (χ2v) is 7.49. The molecule has 0 radical (unpaired) electrons. The molecule has 29 heavy (non-hydrogen) atoms. The molecule has 4 rings (SSSR count). The number of hydrazone groups is 1. The quantitative estimate of drug-likeness (QED) is 0.842. The summed E-state index contributed by atoms with van der Waals surface area (Å²) in [6.07, 6.45) is 0.913. The minimum absolute atomic E-state index is 0.0887. The zero-order chi connectivity index (χ0) is 20.4. The Morgan fingerprint density at radius 3 is 2.62 bits per heavy atom. The summed E-state index contributed by atoms with van der Waals surface area (Å²) < 4.78 is 11.3. The van der Waals surface area contributed by atoms with Crippen molar-refractivity contribution in [3.05, 3.63) is 54.1 Å². The largest absolute Gasteiger partial charge is 0.449 e. The molecule has 0 saturated carbocycles. The molecule has 2 aromatic carbocycles. The van der Waals surface area contributed by atoms with Gasteiger partial charge in [-0.2, -0.15) is 5.10 Å². The first-order valence-electron chi connectivity index (χ1n) is 9.65. The monoisotopic (exact) mass is 393 g/mol. The van der Waals surface area contributed by atoms with Crippen molar-refractivity contribution in [1.82, 2.24) is 5.01 Å². The minimum atomic E-state index is -0.716. The van der Waals surface area contributed by atoms with E-state index >= 15 is 0 Å². The van der Waals surface area contributed by atoms with Gasteiger partial charge in [-0.05, 0) is 17.7 Å². The zero-order valence-electron chi connectivity index (χ0n) is 16.5. The van der Waals surface area contributed by atoms with Gasteiger partial charge >= 0.3 is 0 Å². The van der Waals surface area contributed by atoms with E-state index in [1.807, 2.05) is 44.2 Å². The number of benzene rings is 2. The molecule has 2 heterocycles. The van der Waals surface area contributed by atoms with Crippen molar-refractivity contribution >= 4 is 23.2 Å². The number of carbonyl (C=O) groups is 2. The number of nitrogens with zero attached hydrogens (tertiary/aromatic N) is 2. The topological polar surface area (TPSA) is 80.2 Å². The van der Waals surface area contributed by atoms with Gasteiger partial charge in [0.1, 0.15) is 0 Å². The molecule has 0 aliphatic carbocycles. The maximum atomic E-state index is 12.4. The molecule has 0 fully saturated rings. The first-order valence-corrected chi connectivity index (χ1v) is 9.65. The van der Waals surface area contributed by atoms with Gasteiger partial charge in [-0.1, -0.05) is 30.3 Å². The molecule has 2 aliphatic heterocycles. The summed E-state index contributed by atoms with van der Waals surface area (Å²) >= 11 is 0. The van der Waals surface area contributed by atoms with Gasteiger partial charge in [-0.15, -0.1) is 0 Å². The third-order valence-corrected chi connectivity index (χ3v) is 4.70. The van der Waals surface area contributed by atoms with Crippen LogP contribution in [0.4, 0.5) is 5.69 Å². The van der Waals surface area contributed by atoms with Gasteiger partial charge in [0.2, 0.25) is 17.6 Å². The molecule has 2 aliphatic rings. The smallest absolute Gasteiger partial charge is 0.246 e. The van der Waals surface area contributed by atoms with E-state index in [-0.39, 0.29) is 24.7 Å². The lowest BCUT2D eigenvalue weighted by Crippen LogP contribution is -2.29. The van der Waals surface area contributed by atoms with Crippen LogP contribution in [0, 0.1) is 0 Å². The molecule has 1 N–H and O–H groups in total. The fraction of sp³-hybridized carbons (Fsp3) is 0.318. The first-order chi connectivity index (χ1) is 13.9. The Morgan fingerprint density at radius 2 is 1.83 bits per heavy atom. The zero-order valence-corrected chi connectivity index (χ0v) is 16.5. The Labute approximate surface area is 169 Å². The highest BCUT2D eigenvalue weighted by Gasteiger charge is 2.31. The highest BCUT2D eigenvalue weighted by Crippen LogP contribution is 2.40. The van der Waals surface area contributed by atoms with Crippen LogP contribution < -0.4 is 14.8 Å². The lowest BCUT2D eigenvalue weighted by Gasteiger charge is -2.16. The van der Waals surface area contributed by atoms with Crippen molar-refractivity contribution < 1.29 is 19.1 Å². The fourth-order valence-electron chi connectivity index (χ4n) is 3.34. The van der Waals surface area contributed by atoms with Gasteiger partial charge in [0.05, 0.1) is 12.3 Å². The second kappa shape index (κ2) is 7.58. The average molecular weight is 393 g/mol. The molecule has 150 valence electrons. The number of hydrogen-bond donors (Lipinski definition) is 1. The molecule has 0 atom stereocenters. The van der Waals surface area contributed by atoms with E-state index in [1.54, 1.807) is 18.2 Å². The van der Waals surface area contributed by atoms with Gasteiger partial charge in [0.25, 0.3) is 0 Å². The Kier molecular flexibility index (Phi) is 4.96. The molecule has 2 aromatic rings. The molecule has 0 spiro atoms. The van der Waals surface area contributed by atoms with Crippen LogP contribution in [0.2, 0.25) is 0 Å². The predicted octanol–water partition coefficient (Wildman–Crippen LogP) is 3.55. The van der Waals surface area contributed by atoms with E-state index in [9.17, 15) is 9.59 Å². The van der Waals surface area contributed by atoms with Crippen molar-refractivity contribution in [2.75, 3.05) is 11.9 Å². The summed E-state index contributed by atoms with van der Waals surface area (Å²) in [5, 5.41) is 8.67. The molecule has 7 nitrogen and oxygen atoms in total. The van der Waals surface area contributed by atoms with Gasteiger partial charge < -0.3 is 14.8 Å². The fourth-order valence-corrected chi connectivity index (χ4v) is 3.34. The highest BCUT2D eigenvalue weighted by atomic mass is 16.7. The third-order valence-electron chi connectivity index (χ3n) is 4.70. The number of fused-ring (bicyclic) bond motifs is 1. The van der Waals surface area contributed by atoms with Crippen molar-refractivity contribution in [2.45, 2.75) is 38.9 Å². The number of amides is 2. The number of carbonyl (C=O) groups excluding carboxylic acids is 2. The Morgan fingerprint density at radius 1 is 1.07 bits per heavy atom. The minimum Gasteiger partial charge on any atom is -0.449 e. The third kappa shape index (κ3) is 4.39. The van der Waals surface area contributed by atoms with E-state index in [2.05, 4.69) is 10.4 Å². The van der Waals surface area contributed by atoms with Gasteiger partial charge in [0, 0.05) is 44.9 Å². The number of rotatable bonds is 5. The van der Waals surface area contributed by atoms with Crippen LogP contribution in [-0.2, 0) is 9.59 Å². The predicted molar refractivity (Wildman–Crippen MR) is 109 cm³/mol. The van der Waals surface area contributed by atoms with E-state index < -0.39 is 5.79 Å². The van der Waals surface area contributed by atoms with Gasteiger partial charge in [-0.3, -0.25) is 9.59 Å². The second-order valence-electron chi connectivity index (χ2n) is 7.49. The number of anilines is 1. The van der Waals surface area contributed by atoms with Crippen LogP contribution in [0.3, 0.4) is 0 Å². The van der Waals surface area contributed by atoms with Crippen LogP contribution in [0.15, 0.2) is 53.6 Å². The van der Waals surface area contributed by atoms with Crippen molar-refractivity contribution in [1.29, 1.82) is 0 Å². The van der Waals surface area contributed by atoms with Crippen molar-refractivity contribution in [2.24, 2.45) is 5.10 Å². The SMILES string of the molecule is CC1(C)Oc2ccc(NC(=O)CCC(=O)N3CCC(c4ccccc4)=N3)cc2O1. The molecule has 0 unspecified atom stereocenters. The Bertz CT molecular complexity index is 969. The van der Waals surface area contributed by atoms with E-state index in [0.717, 1.165) is 17.7 Å². The number of ether oxygens (including phenoxy) is 2. The molecule has 0 saturated heterocycles. The van der Waals surface area contributed by atoms with Gasteiger partial charge in [0.15, 0.2) is 11.5 Å². The standard InChI is InChI=1S/C22H23N3O4/c1-22(2)28-18-9-8-16(14-19(18)29-22)23-20(26)10-11-21(27)25-13-12-17(24-25)15-6-4-3-5-7-15/h3-9,14H,10-13H2,1-2H3,(H,23,26). The molecule has 0 aromatic heterocycles. The highest BCUT2D eigenvalue weighted by molar-refractivity contribution is 6.02. The van der Waals surface area contributed by atoms with E-state index in [1.165, 1.54) is 5.01 Å². The summed E-state index contributed by atoms with van der Waals surface area (Å²) in [5.74, 6) is 0.126. The number of hydrogen-bond acceptors (Lipinski definition) is 5. The summed E-state index contributed by atoms with van der Waals surface area (Å²) in [4.78, 5) is 24.7. The lowest BCUT2D eigenvalue weighted by molar-refractivity contribution is -0.132. The number of nitrogens with one attached hydrogen (secondary N) is 1. The summed E-state index contributed by atoms with van der Waals surface area (Å²) in [6, 6.07) is 15.0. The molecule has 7 heteroatoms. The first kappa shape index (κ1) is 19.0. The molecular weight excluding hydrogens is 370 g/mol. The maximum absolute atomic E-state index is 12.4. The Hall–Kier alpha value is -3.35. The van der Waals surface area contributed by atoms with Crippen LogP contribution in [0.1, 0.15) is 38.7 Å². The van der Waals surface area contributed by atoms with E-state index in [0.29, 0.717) is 23.7 Å². The summed E-state index contributed by atoms with van der Waals surface area (Å²) in [6.45, 7) is 4.18. The van der Waals surface area contributed by atoms with Crippen LogP contribution in [0.25, 0.3) is 0 Å². The van der Waals surface area contributed by atoms with Gasteiger partial charge in [-0.25, -0.2) is 5.01 Å². The van der Waals surface area contributed by atoms with Crippen molar-refractivity contribution in [3.8, 4) is 11.5 Å². The lowest BCUT2D eigenvalue weighted by atomic mass is 10.1.